The van der Waals surface area contributed by atoms with Crippen molar-refractivity contribution < 1.29 is 29.0 Å². The Kier molecular flexibility index (Phi) is 7.12. The van der Waals surface area contributed by atoms with E-state index in [1.54, 1.807) is 24.3 Å². The van der Waals surface area contributed by atoms with Gasteiger partial charge in [0, 0.05) is 10.9 Å². The summed E-state index contributed by atoms with van der Waals surface area (Å²) < 4.78 is 10.4. The molecule has 3 aromatic carbocycles. The maximum atomic E-state index is 12.5. The zero-order valence-corrected chi connectivity index (χ0v) is 18.3. The molecule has 3 N–H and O–H groups in total. The lowest BCUT2D eigenvalue weighted by molar-refractivity contribution is 0.0692. The molecule has 0 bridgehead atoms. The minimum atomic E-state index is -1.19. The van der Waals surface area contributed by atoms with Crippen LogP contribution in [0.5, 0.6) is 0 Å². The summed E-state index contributed by atoms with van der Waals surface area (Å²) in [5, 5.41) is 18.5. The molecule has 0 saturated carbocycles. The lowest BCUT2D eigenvalue weighted by Gasteiger charge is -2.10. The maximum Gasteiger partial charge on any atom is 0.435 e. The molecular weight excluding hydrogens is 452 g/mol. The fraction of sp³-hybridized carbons (Fsp3) is 0.0800. The number of carboxylic acid groups (broad SMARTS) is 1. The van der Waals surface area contributed by atoms with E-state index < -0.39 is 18.2 Å². The third-order valence-corrected chi connectivity index (χ3v) is 4.88. The van der Waals surface area contributed by atoms with Crippen molar-refractivity contribution in [1.82, 2.24) is 15.5 Å². The molecule has 4 aromatic rings. The van der Waals surface area contributed by atoms with Crippen molar-refractivity contribution >= 4 is 34.9 Å². The molecule has 0 spiro atoms. The lowest BCUT2D eigenvalue weighted by atomic mass is 10.1. The van der Waals surface area contributed by atoms with Crippen LogP contribution in [-0.4, -0.2) is 39.3 Å². The summed E-state index contributed by atoms with van der Waals surface area (Å²) in [5.74, 6) is -1.32. The Hall–Kier alpha value is -4.99. The molecule has 4 rings (SSSR count). The third kappa shape index (κ3) is 6.08. The van der Waals surface area contributed by atoms with Crippen molar-refractivity contribution in [1.29, 1.82) is 0 Å². The van der Waals surface area contributed by atoms with Gasteiger partial charge in [-0.1, -0.05) is 66.7 Å². The van der Waals surface area contributed by atoms with E-state index in [1.165, 1.54) is 18.2 Å². The summed E-state index contributed by atoms with van der Waals surface area (Å²) in [6, 6.07) is 22.6. The molecule has 0 aliphatic carbocycles. The minimum Gasteiger partial charge on any atom is -0.476 e. The van der Waals surface area contributed by atoms with E-state index in [2.05, 4.69) is 20.5 Å². The number of benzene rings is 3. The number of amidine groups is 1. The van der Waals surface area contributed by atoms with Gasteiger partial charge in [-0.3, -0.25) is 10.4 Å². The number of hydrogen-bond donors (Lipinski definition) is 3. The number of nitrogens with zero attached hydrogens (tertiary/aromatic N) is 2. The Balaban J connectivity index is 1.55. The Morgan fingerprint density at radius 3 is 2.14 bits per heavy atom. The van der Waals surface area contributed by atoms with Crippen LogP contribution in [0.4, 0.5) is 9.59 Å². The zero-order valence-electron chi connectivity index (χ0n) is 18.3. The molecule has 176 valence electrons. The summed E-state index contributed by atoms with van der Waals surface area (Å²) in [4.78, 5) is 40.1. The van der Waals surface area contributed by atoms with Crippen LogP contribution in [0, 0.1) is 0 Å². The molecule has 0 radical (unpaired) electrons. The smallest absolute Gasteiger partial charge is 0.435 e. The fourth-order valence-corrected chi connectivity index (χ4v) is 3.19. The van der Waals surface area contributed by atoms with Crippen LogP contribution < -0.4 is 5.32 Å². The normalized spacial score (nSPS) is 11.1. The monoisotopic (exact) mass is 472 g/mol. The van der Waals surface area contributed by atoms with Gasteiger partial charge in [0.05, 0.1) is 5.52 Å². The number of rotatable bonds is 6. The molecule has 0 aliphatic heterocycles. The molecule has 0 unspecified atom stereocenters. The van der Waals surface area contributed by atoms with Crippen molar-refractivity contribution in [3.8, 4) is 0 Å². The van der Waals surface area contributed by atoms with Crippen LogP contribution in [0.2, 0.25) is 0 Å². The maximum absolute atomic E-state index is 12.5. The van der Waals surface area contributed by atoms with Crippen molar-refractivity contribution in [2.75, 3.05) is 0 Å². The average Bonchev–Trinajstić information content (AvgIpc) is 3.31. The van der Waals surface area contributed by atoms with Crippen LogP contribution in [0.25, 0.3) is 10.9 Å². The highest BCUT2D eigenvalue weighted by atomic mass is 16.6. The van der Waals surface area contributed by atoms with Crippen LogP contribution in [0.1, 0.15) is 27.2 Å². The lowest BCUT2D eigenvalue weighted by Crippen LogP contribution is -2.32. The van der Waals surface area contributed by atoms with E-state index in [9.17, 15) is 19.5 Å². The Labute approximate surface area is 199 Å². The number of nitrogens with one attached hydrogen (secondary N) is 2. The van der Waals surface area contributed by atoms with Gasteiger partial charge >= 0.3 is 18.2 Å². The molecule has 0 aliphatic rings. The number of aliphatic imine (C=N–C) groups is 1. The Morgan fingerprint density at radius 1 is 0.886 bits per heavy atom. The third-order valence-electron chi connectivity index (χ3n) is 4.88. The first-order valence-electron chi connectivity index (χ1n) is 10.5. The molecule has 0 atom stereocenters. The van der Waals surface area contributed by atoms with E-state index in [4.69, 9.17) is 9.47 Å². The van der Waals surface area contributed by atoms with E-state index in [0.29, 0.717) is 16.5 Å². The van der Waals surface area contributed by atoms with E-state index >= 15 is 0 Å². The van der Waals surface area contributed by atoms with Crippen molar-refractivity contribution in [3.63, 3.8) is 0 Å². The van der Waals surface area contributed by atoms with Gasteiger partial charge in [-0.05, 0) is 23.3 Å². The highest BCUT2D eigenvalue weighted by molar-refractivity contribution is 6.12. The van der Waals surface area contributed by atoms with Gasteiger partial charge in [0.2, 0.25) is 0 Å². The largest absolute Gasteiger partial charge is 0.476 e. The molecule has 0 saturated heterocycles. The van der Waals surface area contributed by atoms with E-state index in [0.717, 1.165) is 11.1 Å². The number of hydrogen-bond acceptors (Lipinski definition) is 6. The predicted octanol–water partition coefficient (Wildman–Crippen LogP) is 4.27. The SMILES string of the molecule is O=C(/N=C(/NC(=O)OCc1ccccc1)c1ccc2c(C(=O)O)n[nH]c2c1)OCc1ccccc1. The van der Waals surface area contributed by atoms with Gasteiger partial charge in [0.1, 0.15) is 19.0 Å². The van der Waals surface area contributed by atoms with Crippen molar-refractivity contribution in [2.24, 2.45) is 4.99 Å². The van der Waals surface area contributed by atoms with Gasteiger partial charge < -0.3 is 14.6 Å². The number of aromatic amines is 1. The number of ether oxygens (including phenoxy) is 2. The number of carbonyl (C=O) groups excluding carboxylic acids is 2. The number of aromatic nitrogens is 2. The first-order valence-corrected chi connectivity index (χ1v) is 10.5. The average molecular weight is 472 g/mol. The predicted molar refractivity (Wildman–Crippen MR) is 126 cm³/mol. The molecule has 2 amide bonds. The Bertz CT molecular complexity index is 1380. The summed E-state index contributed by atoms with van der Waals surface area (Å²) in [5.41, 5.74) is 2.09. The highest BCUT2D eigenvalue weighted by Crippen LogP contribution is 2.18. The van der Waals surface area contributed by atoms with Crippen LogP contribution in [0.15, 0.2) is 83.9 Å². The quantitative estimate of drug-likeness (QED) is 0.281. The summed E-state index contributed by atoms with van der Waals surface area (Å²) in [7, 11) is 0. The van der Waals surface area contributed by atoms with Crippen molar-refractivity contribution in [3.05, 3.63) is 101 Å². The van der Waals surface area contributed by atoms with E-state index in [1.807, 2.05) is 36.4 Å². The first-order chi connectivity index (χ1) is 17.0. The summed E-state index contributed by atoms with van der Waals surface area (Å²) in [6.07, 6.45) is -1.76. The molecule has 0 fully saturated rings. The minimum absolute atomic E-state index is 0.00351. The van der Waals surface area contributed by atoms with Gasteiger partial charge in [-0.2, -0.15) is 10.1 Å². The Morgan fingerprint density at radius 2 is 1.51 bits per heavy atom. The van der Waals surface area contributed by atoms with Gasteiger partial charge in [0.15, 0.2) is 5.69 Å². The summed E-state index contributed by atoms with van der Waals surface area (Å²) >= 11 is 0. The van der Waals surface area contributed by atoms with Crippen LogP contribution in [-0.2, 0) is 22.7 Å². The zero-order chi connectivity index (χ0) is 24.6. The number of amides is 2. The standard InChI is InChI=1S/C25H20N4O6/c30-23(31)21-19-12-11-18(13-20(19)28-29-21)22(26-24(32)34-14-16-7-3-1-4-8-16)27-25(33)35-15-17-9-5-2-6-10-17/h1-13H,14-15H2,(H,28,29)(H,30,31)(H,26,27,32,33). The molecular formula is C25H20N4O6. The van der Waals surface area contributed by atoms with Gasteiger partial charge in [0.25, 0.3) is 0 Å². The summed E-state index contributed by atoms with van der Waals surface area (Å²) in [6.45, 7) is 0.0103. The van der Waals surface area contributed by atoms with E-state index in [-0.39, 0.29) is 24.7 Å². The number of aromatic carboxylic acids is 1. The second-order valence-electron chi connectivity index (χ2n) is 7.33. The van der Waals surface area contributed by atoms with Gasteiger partial charge in [-0.15, -0.1) is 0 Å². The molecule has 10 heteroatoms. The van der Waals surface area contributed by atoms with Gasteiger partial charge in [-0.25, -0.2) is 14.4 Å². The van der Waals surface area contributed by atoms with Crippen molar-refractivity contribution in [2.45, 2.75) is 13.2 Å². The first kappa shape index (κ1) is 23.2. The number of alkyl carbamates (subject to hydrolysis) is 1. The highest BCUT2D eigenvalue weighted by Gasteiger charge is 2.17. The number of carbonyl (C=O) groups is 3. The van der Waals surface area contributed by atoms with Crippen LogP contribution in [0.3, 0.4) is 0 Å². The fourth-order valence-electron chi connectivity index (χ4n) is 3.19. The second-order valence-corrected chi connectivity index (χ2v) is 7.33. The topological polar surface area (TPSA) is 143 Å². The molecule has 35 heavy (non-hydrogen) atoms. The second kappa shape index (κ2) is 10.8. The number of H-pyrrole nitrogens is 1. The number of fused-ring (bicyclic) bond motifs is 1. The van der Waals surface area contributed by atoms with Crippen LogP contribution >= 0.6 is 0 Å². The number of carboxylic acids is 1. The molecule has 1 aromatic heterocycles. The molecule has 10 nitrogen and oxygen atoms in total. The molecule has 1 heterocycles.